The Morgan fingerprint density at radius 2 is 1.65 bits per heavy atom. The summed E-state index contributed by atoms with van der Waals surface area (Å²) < 4.78 is 0. The summed E-state index contributed by atoms with van der Waals surface area (Å²) in [6.45, 7) is 13.3. The standard InChI is InChI=1S/C18H36N2/c1-4-17(3,15-19-5-2)16-20-13-11-18(12-14-20)9-7-6-8-10-18/h19H,4-16H2,1-3H3. The van der Waals surface area contributed by atoms with Crippen LogP contribution in [0.3, 0.4) is 0 Å². The van der Waals surface area contributed by atoms with Crippen molar-refractivity contribution in [2.45, 2.75) is 72.1 Å². The highest BCUT2D eigenvalue weighted by atomic mass is 15.1. The van der Waals surface area contributed by atoms with Crippen molar-refractivity contribution in [2.75, 3.05) is 32.7 Å². The largest absolute Gasteiger partial charge is 0.316 e. The van der Waals surface area contributed by atoms with Crippen LogP contribution in [-0.4, -0.2) is 37.6 Å². The fourth-order valence-corrected chi connectivity index (χ4v) is 4.25. The summed E-state index contributed by atoms with van der Waals surface area (Å²) in [6, 6.07) is 0. The van der Waals surface area contributed by atoms with E-state index in [1.807, 2.05) is 0 Å². The highest BCUT2D eigenvalue weighted by Gasteiger charge is 2.36. The highest BCUT2D eigenvalue weighted by Crippen LogP contribution is 2.44. The van der Waals surface area contributed by atoms with Crippen LogP contribution < -0.4 is 5.32 Å². The molecule has 1 saturated heterocycles. The van der Waals surface area contributed by atoms with Crippen LogP contribution in [0.5, 0.6) is 0 Å². The van der Waals surface area contributed by atoms with Gasteiger partial charge in [-0.2, -0.15) is 0 Å². The number of nitrogens with zero attached hydrogens (tertiary/aromatic N) is 1. The predicted molar refractivity (Wildman–Crippen MR) is 88.1 cm³/mol. The second-order valence-corrected chi connectivity index (χ2v) is 7.78. The van der Waals surface area contributed by atoms with Gasteiger partial charge in [-0.3, -0.25) is 0 Å². The van der Waals surface area contributed by atoms with E-state index in [4.69, 9.17) is 0 Å². The van der Waals surface area contributed by atoms with Gasteiger partial charge in [0.2, 0.25) is 0 Å². The maximum Gasteiger partial charge on any atom is 0.00474 e. The van der Waals surface area contributed by atoms with E-state index in [2.05, 4.69) is 31.0 Å². The Morgan fingerprint density at radius 3 is 2.20 bits per heavy atom. The smallest absolute Gasteiger partial charge is 0.00474 e. The lowest BCUT2D eigenvalue weighted by Gasteiger charge is -2.46. The van der Waals surface area contributed by atoms with Crippen molar-refractivity contribution in [3.8, 4) is 0 Å². The van der Waals surface area contributed by atoms with Crippen LogP contribution in [0.15, 0.2) is 0 Å². The summed E-state index contributed by atoms with van der Waals surface area (Å²) in [6.07, 6.45) is 11.7. The quantitative estimate of drug-likeness (QED) is 0.789. The number of nitrogens with one attached hydrogen (secondary N) is 1. The van der Waals surface area contributed by atoms with Gasteiger partial charge in [-0.1, -0.05) is 40.0 Å². The first-order chi connectivity index (χ1) is 9.61. The molecule has 2 nitrogen and oxygen atoms in total. The summed E-state index contributed by atoms with van der Waals surface area (Å²) in [5, 5.41) is 3.56. The van der Waals surface area contributed by atoms with Crippen LogP contribution in [-0.2, 0) is 0 Å². The maximum absolute atomic E-state index is 3.56. The van der Waals surface area contributed by atoms with Crippen molar-refractivity contribution in [2.24, 2.45) is 10.8 Å². The van der Waals surface area contributed by atoms with Gasteiger partial charge < -0.3 is 10.2 Å². The minimum atomic E-state index is 0.451. The molecule has 1 atom stereocenters. The molecule has 1 heterocycles. The summed E-state index contributed by atoms with van der Waals surface area (Å²) in [4.78, 5) is 2.75. The van der Waals surface area contributed by atoms with Crippen LogP contribution in [0.25, 0.3) is 0 Å². The van der Waals surface area contributed by atoms with E-state index in [1.165, 1.54) is 77.5 Å². The van der Waals surface area contributed by atoms with Gasteiger partial charge in [0.15, 0.2) is 0 Å². The fourth-order valence-electron chi connectivity index (χ4n) is 4.25. The van der Waals surface area contributed by atoms with Crippen molar-refractivity contribution in [1.82, 2.24) is 10.2 Å². The maximum atomic E-state index is 3.56. The number of piperidine rings is 1. The first kappa shape index (κ1) is 16.3. The van der Waals surface area contributed by atoms with Crippen LogP contribution >= 0.6 is 0 Å². The molecule has 1 spiro atoms. The Balaban J connectivity index is 1.80. The van der Waals surface area contributed by atoms with E-state index < -0.39 is 0 Å². The molecule has 2 fully saturated rings. The normalized spacial score (nSPS) is 26.6. The van der Waals surface area contributed by atoms with E-state index >= 15 is 0 Å². The number of hydrogen-bond acceptors (Lipinski definition) is 2. The number of rotatable bonds is 6. The zero-order chi connectivity index (χ0) is 14.5. The molecule has 0 aromatic heterocycles. The predicted octanol–water partition coefficient (Wildman–Crippen LogP) is 4.06. The zero-order valence-electron chi connectivity index (χ0n) is 14.1. The Labute approximate surface area is 126 Å². The Hall–Kier alpha value is -0.0800. The van der Waals surface area contributed by atoms with E-state index in [1.54, 1.807) is 0 Å². The molecule has 0 aromatic carbocycles. The van der Waals surface area contributed by atoms with Gasteiger partial charge in [0.25, 0.3) is 0 Å². The van der Waals surface area contributed by atoms with Crippen molar-refractivity contribution < 1.29 is 0 Å². The van der Waals surface area contributed by atoms with Crippen molar-refractivity contribution in [3.63, 3.8) is 0 Å². The molecule has 0 amide bonds. The topological polar surface area (TPSA) is 15.3 Å². The van der Waals surface area contributed by atoms with E-state index in [0.717, 1.165) is 12.0 Å². The Bertz CT molecular complexity index is 273. The second kappa shape index (κ2) is 7.26. The molecular formula is C18H36N2. The third kappa shape index (κ3) is 4.21. The molecule has 1 N–H and O–H groups in total. The summed E-state index contributed by atoms with van der Waals surface area (Å²) in [5.41, 5.74) is 1.20. The molecule has 1 aliphatic carbocycles. The molecule has 0 radical (unpaired) electrons. The molecule has 2 heteroatoms. The molecule has 1 aliphatic heterocycles. The Morgan fingerprint density at radius 1 is 1.00 bits per heavy atom. The van der Waals surface area contributed by atoms with E-state index in [9.17, 15) is 0 Å². The highest BCUT2D eigenvalue weighted by molar-refractivity contribution is 4.90. The molecule has 1 unspecified atom stereocenters. The van der Waals surface area contributed by atoms with Gasteiger partial charge in [-0.25, -0.2) is 0 Å². The molecule has 0 aromatic rings. The van der Waals surface area contributed by atoms with Gasteiger partial charge >= 0.3 is 0 Å². The monoisotopic (exact) mass is 280 g/mol. The van der Waals surface area contributed by atoms with Crippen LogP contribution in [0.4, 0.5) is 0 Å². The zero-order valence-corrected chi connectivity index (χ0v) is 14.1. The third-order valence-corrected chi connectivity index (χ3v) is 6.09. The minimum absolute atomic E-state index is 0.451. The number of likely N-dealkylation sites (tertiary alicyclic amines) is 1. The van der Waals surface area contributed by atoms with Gasteiger partial charge in [0.1, 0.15) is 0 Å². The van der Waals surface area contributed by atoms with Crippen molar-refractivity contribution in [1.29, 1.82) is 0 Å². The van der Waals surface area contributed by atoms with Crippen LogP contribution in [0, 0.1) is 10.8 Å². The first-order valence-electron chi connectivity index (χ1n) is 9.04. The van der Waals surface area contributed by atoms with Crippen molar-refractivity contribution in [3.05, 3.63) is 0 Å². The average Bonchev–Trinajstić information content (AvgIpc) is 2.49. The van der Waals surface area contributed by atoms with Crippen LogP contribution in [0.2, 0.25) is 0 Å². The first-order valence-corrected chi connectivity index (χ1v) is 9.04. The number of hydrogen-bond donors (Lipinski definition) is 1. The molecule has 20 heavy (non-hydrogen) atoms. The van der Waals surface area contributed by atoms with E-state index in [-0.39, 0.29) is 0 Å². The minimum Gasteiger partial charge on any atom is -0.316 e. The summed E-state index contributed by atoms with van der Waals surface area (Å²) >= 11 is 0. The van der Waals surface area contributed by atoms with Crippen LogP contribution in [0.1, 0.15) is 72.1 Å². The summed E-state index contributed by atoms with van der Waals surface area (Å²) in [5.74, 6) is 0. The average molecular weight is 280 g/mol. The SMILES string of the molecule is CCNCC(C)(CC)CN1CCC2(CCCCC2)CC1. The molecule has 1 saturated carbocycles. The Kier molecular flexibility index (Phi) is 5.92. The van der Waals surface area contributed by atoms with Gasteiger partial charge in [-0.15, -0.1) is 0 Å². The molecule has 2 rings (SSSR count). The fraction of sp³-hybridized carbons (Fsp3) is 1.00. The molecule has 0 bridgehead atoms. The lowest BCUT2D eigenvalue weighted by molar-refractivity contribution is 0.0443. The molecule has 2 aliphatic rings. The lowest BCUT2D eigenvalue weighted by Crippen LogP contribution is -2.47. The van der Waals surface area contributed by atoms with Gasteiger partial charge in [0.05, 0.1) is 0 Å². The van der Waals surface area contributed by atoms with Crippen molar-refractivity contribution >= 4 is 0 Å². The second-order valence-electron chi connectivity index (χ2n) is 7.78. The summed E-state index contributed by atoms with van der Waals surface area (Å²) in [7, 11) is 0. The molecule has 118 valence electrons. The van der Waals surface area contributed by atoms with Gasteiger partial charge in [-0.05, 0) is 62.6 Å². The van der Waals surface area contributed by atoms with Gasteiger partial charge in [0, 0.05) is 13.1 Å². The van der Waals surface area contributed by atoms with E-state index in [0.29, 0.717) is 5.41 Å². The molecular weight excluding hydrogens is 244 g/mol. The third-order valence-electron chi connectivity index (χ3n) is 6.09. The lowest BCUT2D eigenvalue weighted by atomic mass is 9.68.